The lowest BCUT2D eigenvalue weighted by Gasteiger charge is -2.28. The molecule has 25 heavy (non-hydrogen) atoms. The molecule has 0 spiro atoms. The molecule has 0 saturated heterocycles. The lowest BCUT2D eigenvalue weighted by molar-refractivity contribution is -0.137. The van der Waals surface area contributed by atoms with Crippen molar-refractivity contribution >= 4 is 23.2 Å². The molecule has 1 unspecified atom stereocenters. The van der Waals surface area contributed by atoms with Crippen LogP contribution in [0.25, 0.3) is 0 Å². The molecule has 0 aliphatic carbocycles. The molecule has 0 fully saturated rings. The van der Waals surface area contributed by atoms with Gasteiger partial charge in [-0.3, -0.25) is 0 Å². The van der Waals surface area contributed by atoms with E-state index in [1.807, 2.05) is 0 Å². The van der Waals surface area contributed by atoms with Gasteiger partial charge in [0.25, 0.3) is 0 Å². The lowest BCUT2D eigenvalue weighted by Crippen LogP contribution is -2.31. The van der Waals surface area contributed by atoms with Crippen molar-refractivity contribution in [3.63, 3.8) is 0 Å². The van der Waals surface area contributed by atoms with Crippen LogP contribution in [0.1, 0.15) is 22.5 Å². The Balaban J connectivity index is 2.19. The summed E-state index contributed by atoms with van der Waals surface area (Å²) in [4.78, 5) is 6.84. The van der Waals surface area contributed by atoms with Crippen LogP contribution in [0.4, 0.5) is 13.2 Å². The summed E-state index contributed by atoms with van der Waals surface area (Å²) in [6.07, 6.45) is -1.55. The van der Waals surface area contributed by atoms with Gasteiger partial charge in [0.2, 0.25) is 0 Å². The third-order valence-electron chi connectivity index (χ3n) is 3.79. The Kier molecular flexibility index (Phi) is 4.53. The maximum Gasteiger partial charge on any atom is 0.416 e. The summed E-state index contributed by atoms with van der Waals surface area (Å²) in [6.45, 7) is 0. The molecule has 2 N–H and O–H groups in total. The zero-order chi connectivity index (χ0) is 18.2. The van der Waals surface area contributed by atoms with Gasteiger partial charge >= 0.3 is 6.18 Å². The molecule has 0 aliphatic heterocycles. The zero-order valence-corrected chi connectivity index (χ0v) is 14.0. The Labute approximate surface area is 151 Å². The quantitative estimate of drug-likeness (QED) is 0.663. The number of imidazole rings is 1. The number of nitrogens with zero attached hydrogens (tertiary/aromatic N) is 1. The number of benzene rings is 2. The molecule has 3 nitrogen and oxygen atoms in total. The highest BCUT2D eigenvalue weighted by atomic mass is 35.5. The molecule has 1 atom stereocenters. The van der Waals surface area contributed by atoms with Crippen LogP contribution in [0.5, 0.6) is 0 Å². The molecule has 130 valence electrons. The first kappa shape index (κ1) is 17.8. The molecule has 0 amide bonds. The van der Waals surface area contributed by atoms with Gasteiger partial charge in [-0.15, -0.1) is 0 Å². The third kappa shape index (κ3) is 3.25. The first-order valence-corrected chi connectivity index (χ1v) is 7.84. The van der Waals surface area contributed by atoms with E-state index in [0.29, 0.717) is 5.02 Å². The molecule has 1 aromatic heterocycles. The normalized spacial score (nSPS) is 14.3. The van der Waals surface area contributed by atoms with Gasteiger partial charge in [-0.25, -0.2) is 4.98 Å². The van der Waals surface area contributed by atoms with E-state index < -0.39 is 17.3 Å². The van der Waals surface area contributed by atoms with Crippen LogP contribution < -0.4 is 0 Å². The maximum absolute atomic E-state index is 12.8. The highest BCUT2D eigenvalue weighted by Gasteiger charge is 2.39. The van der Waals surface area contributed by atoms with E-state index in [0.717, 1.165) is 12.1 Å². The van der Waals surface area contributed by atoms with Crippen molar-refractivity contribution < 1.29 is 18.3 Å². The van der Waals surface area contributed by atoms with Crippen LogP contribution in [-0.2, 0) is 11.8 Å². The van der Waals surface area contributed by atoms with Crippen molar-refractivity contribution in [1.29, 1.82) is 0 Å². The molecule has 0 bridgehead atoms. The average molecular weight is 387 g/mol. The fourth-order valence-electron chi connectivity index (χ4n) is 2.57. The minimum atomic E-state index is -4.47. The molecule has 0 aliphatic rings. The number of halogens is 5. The van der Waals surface area contributed by atoms with Gasteiger partial charge in [0, 0.05) is 28.0 Å². The number of alkyl halides is 3. The smallest absolute Gasteiger partial charge is 0.373 e. The maximum atomic E-state index is 12.8. The van der Waals surface area contributed by atoms with E-state index >= 15 is 0 Å². The van der Waals surface area contributed by atoms with Crippen LogP contribution >= 0.6 is 23.2 Å². The molecule has 2 aromatic carbocycles. The average Bonchev–Trinajstić information content (AvgIpc) is 3.08. The standard InChI is InChI=1S/C17H11Cl2F3N2O/c18-12-5-6-13(14(19)9-12)16(25,15-23-7-8-24-15)10-1-3-11(4-2-10)17(20,21)22/h1-9,25H,(H,23,24). The summed E-state index contributed by atoms with van der Waals surface area (Å²) in [5, 5.41) is 11.9. The van der Waals surface area contributed by atoms with E-state index in [-0.39, 0.29) is 22.0 Å². The van der Waals surface area contributed by atoms with Gasteiger partial charge in [0.1, 0.15) is 5.82 Å². The number of aliphatic hydroxyl groups is 1. The van der Waals surface area contributed by atoms with Crippen LogP contribution in [-0.4, -0.2) is 15.1 Å². The van der Waals surface area contributed by atoms with Crippen molar-refractivity contribution in [1.82, 2.24) is 9.97 Å². The predicted octanol–water partition coefficient (Wildman–Crippen LogP) is 5.02. The molecule has 3 aromatic rings. The predicted molar refractivity (Wildman–Crippen MR) is 88.6 cm³/mol. The van der Waals surface area contributed by atoms with Gasteiger partial charge in [-0.1, -0.05) is 41.4 Å². The van der Waals surface area contributed by atoms with Crippen molar-refractivity contribution in [2.75, 3.05) is 0 Å². The van der Waals surface area contributed by atoms with Gasteiger partial charge in [-0.05, 0) is 29.8 Å². The number of hydrogen-bond acceptors (Lipinski definition) is 2. The minimum absolute atomic E-state index is 0.122. The number of H-pyrrole nitrogens is 1. The minimum Gasteiger partial charge on any atom is -0.373 e. The van der Waals surface area contributed by atoms with Crippen molar-refractivity contribution in [2.24, 2.45) is 0 Å². The molecule has 8 heteroatoms. The summed E-state index contributed by atoms with van der Waals surface area (Å²) in [7, 11) is 0. The van der Waals surface area contributed by atoms with Gasteiger partial charge in [0.05, 0.1) is 5.56 Å². The largest absolute Gasteiger partial charge is 0.416 e. The summed E-state index contributed by atoms with van der Waals surface area (Å²) < 4.78 is 38.4. The fourth-order valence-corrected chi connectivity index (χ4v) is 3.11. The van der Waals surface area contributed by atoms with Crippen molar-refractivity contribution in [3.05, 3.63) is 87.4 Å². The monoisotopic (exact) mass is 386 g/mol. The number of aromatic amines is 1. The van der Waals surface area contributed by atoms with Crippen molar-refractivity contribution in [2.45, 2.75) is 11.8 Å². The van der Waals surface area contributed by atoms with Crippen LogP contribution in [0.15, 0.2) is 54.9 Å². The van der Waals surface area contributed by atoms with Gasteiger partial charge in [0.15, 0.2) is 5.60 Å². The van der Waals surface area contributed by atoms with Crippen LogP contribution in [0, 0.1) is 0 Å². The second kappa shape index (κ2) is 6.37. The highest BCUT2D eigenvalue weighted by Crippen LogP contribution is 2.40. The molecular formula is C17H11Cl2F3N2O. The van der Waals surface area contributed by atoms with Crippen LogP contribution in [0.2, 0.25) is 10.0 Å². The number of rotatable bonds is 3. The Bertz CT molecular complexity index is 880. The van der Waals surface area contributed by atoms with Crippen LogP contribution in [0.3, 0.4) is 0 Å². The Morgan fingerprint density at radius 2 is 1.60 bits per heavy atom. The van der Waals surface area contributed by atoms with E-state index in [1.165, 1.54) is 42.7 Å². The number of aromatic nitrogens is 2. The Morgan fingerprint density at radius 3 is 2.12 bits per heavy atom. The summed E-state index contributed by atoms with van der Waals surface area (Å²) >= 11 is 12.1. The van der Waals surface area contributed by atoms with E-state index in [9.17, 15) is 18.3 Å². The SMILES string of the molecule is OC(c1ccc(C(F)(F)F)cc1)(c1ncc[nH]1)c1ccc(Cl)cc1Cl. The second-order valence-corrected chi connectivity index (χ2v) is 6.19. The molecule has 1 heterocycles. The van der Waals surface area contributed by atoms with Gasteiger partial charge in [-0.2, -0.15) is 13.2 Å². The van der Waals surface area contributed by atoms with Crippen molar-refractivity contribution in [3.8, 4) is 0 Å². The van der Waals surface area contributed by atoms with Gasteiger partial charge < -0.3 is 10.1 Å². The van der Waals surface area contributed by atoms with E-state index in [1.54, 1.807) is 0 Å². The summed E-state index contributed by atoms with van der Waals surface area (Å²) in [6, 6.07) is 8.65. The Hall–Kier alpha value is -2.02. The molecule has 0 radical (unpaired) electrons. The van der Waals surface area contributed by atoms with E-state index in [4.69, 9.17) is 23.2 Å². The third-order valence-corrected chi connectivity index (χ3v) is 4.34. The highest BCUT2D eigenvalue weighted by molar-refractivity contribution is 6.35. The fraction of sp³-hybridized carbons (Fsp3) is 0.118. The number of hydrogen-bond donors (Lipinski definition) is 2. The molecule has 0 saturated carbocycles. The first-order chi connectivity index (χ1) is 11.7. The summed E-state index contributed by atoms with van der Waals surface area (Å²) in [5.74, 6) is 0.122. The topological polar surface area (TPSA) is 48.9 Å². The Morgan fingerprint density at radius 1 is 0.960 bits per heavy atom. The zero-order valence-electron chi connectivity index (χ0n) is 12.5. The molecular weight excluding hydrogens is 376 g/mol. The lowest BCUT2D eigenvalue weighted by atomic mass is 9.85. The second-order valence-electron chi connectivity index (χ2n) is 5.35. The summed E-state index contributed by atoms with van der Waals surface area (Å²) in [5.41, 5.74) is -2.26. The number of nitrogens with one attached hydrogen (secondary N) is 1. The molecule has 3 rings (SSSR count). The first-order valence-electron chi connectivity index (χ1n) is 7.08. The van der Waals surface area contributed by atoms with E-state index in [2.05, 4.69) is 9.97 Å².